The maximum atomic E-state index is 15.9. The van der Waals surface area contributed by atoms with Crippen LogP contribution in [0.5, 0.6) is 5.75 Å². The smallest absolute Gasteiger partial charge is 0.282 e. The van der Waals surface area contributed by atoms with E-state index >= 15 is 4.39 Å². The molecular weight excluding hydrogens is 497 g/mol. The Labute approximate surface area is 223 Å². The van der Waals surface area contributed by atoms with Crippen molar-refractivity contribution in [1.82, 2.24) is 4.90 Å². The number of amides is 1. The van der Waals surface area contributed by atoms with Gasteiger partial charge in [-0.05, 0) is 48.0 Å². The summed E-state index contributed by atoms with van der Waals surface area (Å²) in [6.45, 7) is 10.5. The van der Waals surface area contributed by atoms with Gasteiger partial charge < -0.3 is 8.84 Å². The lowest BCUT2D eigenvalue weighted by Gasteiger charge is -2.36. The van der Waals surface area contributed by atoms with E-state index in [-0.39, 0.29) is 28.0 Å². The fourth-order valence-electron chi connectivity index (χ4n) is 3.96. The molecular formula is C30H30FN3O3Si. The molecule has 0 bridgehead atoms. The fraction of sp³-hybridized carbons (Fsp3) is 0.233. The van der Waals surface area contributed by atoms with Crippen LogP contribution in [0.2, 0.25) is 18.1 Å². The number of hydrogen-bond donors (Lipinski definition) is 0. The number of carbonyl (C=O) groups is 1. The number of aliphatic imine (C=N–C) groups is 2. The quantitative estimate of drug-likeness (QED) is 0.254. The summed E-state index contributed by atoms with van der Waals surface area (Å²) in [6.07, 6.45) is 5.10. The number of nitrogens with zero attached hydrogens (tertiary/aromatic N) is 3. The van der Waals surface area contributed by atoms with Crippen LogP contribution < -0.4 is 4.43 Å². The van der Waals surface area contributed by atoms with Gasteiger partial charge in [0, 0.05) is 24.3 Å². The van der Waals surface area contributed by atoms with Crippen molar-refractivity contribution in [2.24, 2.45) is 9.98 Å². The van der Waals surface area contributed by atoms with Crippen LogP contribution in [-0.2, 0) is 11.2 Å². The summed E-state index contributed by atoms with van der Waals surface area (Å²) in [4.78, 5) is 24.2. The number of amidine groups is 1. The Kier molecular flexibility index (Phi) is 6.52. The van der Waals surface area contributed by atoms with E-state index in [4.69, 9.17) is 13.8 Å². The molecule has 0 N–H and O–H groups in total. The lowest BCUT2D eigenvalue weighted by Crippen LogP contribution is -2.44. The molecule has 3 aromatic rings. The summed E-state index contributed by atoms with van der Waals surface area (Å²) in [7, 11) is -2.28. The highest BCUT2D eigenvalue weighted by Gasteiger charge is 2.40. The van der Waals surface area contributed by atoms with Crippen molar-refractivity contribution in [3.05, 3.63) is 102 Å². The van der Waals surface area contributed by atoms with Crippen molar-refractivity contribution in [1.29, 1.82) is 0 Å². The van der Waals surface area contributed by atoms with Crippen LogP contribution in [0.25, 0.3) is 11.8 Å². The van der Waals surface area contributed by atoms with Crippen molar-refractivity contribution < 1.29 is 18.0 Å². The van der Waals surface area contributed by atoms with Crippen LogP contribution in [-0.4, -0.2) is 30.7 Å². The largest absolute Gasteiger partial charge is 0.542 e. The second kappa shape index (κ2) is 9.68. The van der Waals surface area contributed by atoms with Gasteiger partial charge in [-0.2, -0.15) is 0 Å². The Balaban J connectivity index is 1.57. The molecule has 38 heavy (non-hydrogen) atoms. The molecule has 194 valence electrons. The Hall–Kier alpha value is -4.04. The normalized spacial score (nSPS) is 16.8. The summed E-state index contributed by atoms with van der Waals surface area (Å²) < 4.78 is 27.6. The van der Waals surface area contributed by atoms with Gasteiger partial charge in [0.25, 0.3) is 14.2 Å². The van der Waals surface area contributed by atoms with Gasteiger partial charge in [0.2, 0.25) is 0 Å². The van der Waals surface area contributed by atoms with E-state index in [0.717, 1.165) is 5.56 Å². The van der Waals surface area contributed by atoms with Crippen molar-refractivity contribution in [3.8, 4) is 5.75 Å². The molecule has 0 unspecified atom stereocenters. The third-order valence-corrected chi connectivity index (χ3v) is 11.4. The minimum Gasteiger partial charge on any atom is -0.542 e. The fourth-order valence-corrected chi connectivity index (χ4v) is 4.97. The third-order valence-electron chi connectivity index (χ3n) is 7.10. The highest BCUT2D eigenvalue weighted by molar-refractivity contribution is 6.74. The predicted octanol–water partition coefficient (Wildman–Crippen LogP) is 7.08. The van der Waals surface area contributed by atoms with Crippen LogP contribution in [0, 0.1) is 5.82 Å². The lowest BCUT2D eigenvalue weighted by atomic mass is 10.0. The molecule has 2 aliphatic rings. The highest BCUT2D eigenvalue weighted by Crippen LogP contribution is 2.39. The van der Waals surface area contributed by atoms with E-state index in [1.807, 2.05) is 30.3 Å². The summed E-state index contributed by atoms with van der Waals surface area (Å²) in [6, 6.07) is 18.3. The minimum atomic E-state index is -2.28. The lowest BCUT2D eigenvalue weighted by molar-refractivity contribution is -0.120. The number of halogens is 1. The summed E-state index contributed by atoms with van der Waals surface area (Å²) in [5.74, 6) is 0.313. The van der Waals surface area contributed by atoms with E-state index in [1.54, 1.807) is 42.6 Å². The van der Waals surface area contributed by atoms with Gasteiger partial charge in [-0.3, -0.25) is 9.69 Å². The molecule has 3 heterocycles. The van der Waals surface area contributed by atoms with Gasteiger partial charge in [-0.15, -0.1) is 0 Å². The molecule has 0 aliphatic carbocycles. The molecule has 2 aromatic carbocycles. The van der Waals surface area contributed by atoms with Gasteiger partial charge in [0.1, 0.15) is 17.2 Å². The van der Waals surface area contributed by atoms with Crippen LogP contribution in [0.15, 0.2) is 93.2 Å². The third kappa shape index (κ3) is 4.91. The zero-order valence-electron chi connectivity index (χ0n) is 22.2. The number of rotatable bonds is 6. The van der Waals surface area contributed by atoms with Crippen molar-refractivity contribution >= 4 is 37.5 Å². The molecule has 0 spiro atoms. The Morgan fingerprint density at radius 1 is 1.03 bits per heavy atom. The molecule has 0 saturated carbocycles. The second-order valence-electron chi connectivity index (χ2n) is 10.9. The number of benzene rings is 2. The first-order chi connectivity index (χ1) is 18.0. The van der Waals surface area contributed by atoms with Crippen molar-refractivity contribution in [3.63, 3.8) is 0 Å². The standard InChI is InChI=1S/C30H30FN3O3Si/c1-30(2,3)38(4,5)37-26-15-9-14-22(27(26)31)25-19-34-28(23(32-25)17-20-11-7-6-8-12-20)33-24(29(34)35)18-21-13-10-16-36-21/h6-16,18-19H,17H2,1-5H3. The maximum Gasteiger partial charge on any atom is 0.282 e. The minimum absolute atomic E-state index is 0.0926. The first-order valence-electron chi connectivity index (χ1n) is 12.5. The van der Waals surface area contributed by atoms with E-state index in [1.165, 1.54) is 11.2 Å². The van der Waals surface area contributed by atoms with Gasteiger partial charge >= 0.3 is 0 Å². The number of carbonyl (C=O) groups excluding carboxylic acids is 1. The monoisotopic (exact) mass is 527 g/mol. The topological polar surface area (TPSA) is 67.4 Å². The Bertz CT molecular complexity index is 1500. The number of furan rings is 1. The molecule has 0 fully saturated rings. The zero-order valence-corrected chi connectivity index (χ0v) is 23.2. The van der Waals surface area contributed by atoms with Gasteiger partial charge in [0.05, 0.1) is 17.7 Å². The van der Waals surface area contributed by atoms with Crippen LogP contribution in [0.1, 0.15) is 37.7 Å². The molecule has 8 heteroatoms. The maximum absolute atomic E-state index is 15.9. The van der Waals surface area contributed by atoms with Crippen LogP contribution in [0.3, 0.4) is 0 Å². The highest BCUT2D eigenvalue weighted by atomic mass is 28.4. The first-order valence-corrected chi connectivity index (χ1v) is 15.4. The SMILES string of the molecule is CC(C)(C)[Si](C)(C)Oc1cccc(C2=CN3C(=O)C(=Cc4ccco4)N=C3C(Cc3ccccc3)=N2)c1F. The van der Waals surface area contributed by atoms with Gasteiger partial charge in [-0.25, -0.2) is 14.4 Å². The molecule has 0 radical (unpaired) electrons. The second-order valence-corrected chi connectivity index (χ2v) is 15.6. The zero-order chi connectivity index (χ0) is 27.1. The Morgan fingerprint density at radius 2 is 1.79 bits per heavy atom. The molecule has 1 aromatic heterocycles. The summed E-state index contributed by atoms with van der Waals surface area (Å²) in [5, 5.41) is -0.0926. The molecule has 0 atom stereocenters. The molecule has 5 rings (SSSR count). The van der Waals surface area contributed by atoms with Gasteiger partial charge in [0.15, 0.2) is 11.7 Å². The van der Waals surface area contributed by atoms with E-state index in [0.29, 0.717) is 29.4 Å². The van der Waals surface area contributed by atoms with Crippen LogP contribution in [0.4, 0.5) is 4.39 Å². The van der Waals surface area contributed by atoms with E-state index < -0.39 is 14.1 Å². The molecule has 6 nitrogen and oxygen atoms in total. The van der Waals surface area contributed by atoms with Crippen LogP contribution >= 0.6 is 0 Å². The Morgan fingerprint density at radius 3 is 2.47 bits per heavy atom. The molecule has 0 saturated heterocycles. The number of fused-ring (bicyclic) bond motifs is 1. The molecule has 1 amide bonds. The van der Waals surface area contributed by atoms with E-state index in [9.17, 15) is 4.79 Å². The average Bonchev–Trinajstić information content (AvgIpc) is 3.49. The summed E-state index contributed by atoms with van der Waals surface area (Å²) >= 11 is 0. The van der Waals surface area contributed by atoms with E-state index in [2.05, 4.69) is 38.9 Å². The average molecular weight is 528 g/mol. The summed E-state index contributed by atoms with van der Waals surface area (Å²) in [5.41, 5.74) is 2.40. The molecule has 2 aliphatic heterocycles. The van der Waals surface area contributed by atoms with Gasteiger partial charge in [-0.1, -0.05) is 57.2 Å². The first kappa shape index (κ1) is 25.6. The predicted molar refractivity (Wildman–Crippen MR) is 151 cm³/mol. The van der Waals surface area contributed by atoms with Crippen molar-refractivity contribution in [2.75, 3.05) is 0 Å². The van der Waals surface area contributed by atoms with Crippen molar-refractivity contribution in [2.45, 2.75) is 45.3 Å². The number of hydrogen-bond acceptors (Lipinski definition) is 5.